The van der Waals surface area contributed by atoms with E-state index in [2.05, 4.69) is 65.6 Å². The molecule has 0 fully saturated rings. The molecule has 0 amide bonds. The van der Waals surface area contributed by atoms with Gasteiger partial charge in [-0.2, -0.15) is 0 Å². The Hall–Kier alpha value is -2.48. The van der Waals surface area contributed by atoms with E-state index in [0.29, 0.717) is 5.92 Å². The average molecular weight is 387 g/mol. The van der Waals surface area contributed by atoms with Crippen molar-refractivity contribution >= 4 is 14.5 Å². The molecule has 2 heterocycles. The molecule has 25 heavy (non-hydrogen) atoms. The summed E-state index contributed by atoms with van der Waals surface area (Å²) in [7, 11) is 0. The van der Waals surface area contributed by atoms with Crippen molar-refractivity contribution in [2.45, 2.75) is 12.3 Å². The number of rotatable bonds is 2. The second-order valence-corrected chi connectivity index (χ2v) is 8.56. The van der Waals surface area contributed by atoms with Crippen molar-refractivity contribution in [3.05, 3.63) is 94.7 Å². The van der Waals surface area contributed by atoms with Gasteiger partial charge in [-0.25, -0.2) is 0 Å². The zero-order valence-corrected chi connectivity index (χ0v) is 15.3. The maximum absolute atomic E-state index is 5.03. The predicted molar refractivity (Wildman–Crippen MR) is 102 cm³/mol. The van der Waals surface area contributed by atoms with Gasteiger partial charge in [-0.3, -0.25) is 0 Å². The van der Waals surface area contributed by atoms with Crippen LogP contribution < -0.4 is 0 Å². The predicted octanol–water partition coefficient (Wildman–Crippen LogP) is 4.56. The van der Waals surface area contributed by atoms with Crippen LogP contribution in [0.4, 0.5) is 0 Å². The quantitative estimate of drug-likeness (QED) is 0.472. The summed E-state index contributed by atoms with van der Waals surface area (Å²) in [4.78, 5) is 9.30. The van der Waals surface area contributed by atoms with E-state index in [1.807, 2.05) is 18.5 Å². The van der Waals surface area contributed by atoms with E-state index >= 15 is 0 Å². The first-order chi connectivity index (χ1) is 12.4. The molecule has 2 aromatic heterocycles. The Balaban J connectivity index is 1.67. The topological polar surface area (TPSA) is 25.8 Å². The third-order valence-electron chi connectivity index (χ3n) is 4.79. The van der Waals surface area contributed by atoms with Crippen LogP contribution in [0.15, 0.2) is 79.1 Å². The number of pyridine rings is 1. The van der Waals surface area contributed by atoms with Crippen molar-refractivity contribution in [2.75, 3.05) is 0 Å². The maximum atomic E-state index is 5.03. The van der Waals surface area contributed by atoms with Gasteiger partial charge in [0.25, 0.3) is 0 Å². The van der Waals surface area contributed by atoms with Gasteiger partial charge in [0.15, 0.2) is 0 Å². The number of benzene rings is 2. The first-order valence-corrected chi connectivity index (χ1v) is 10.2. The van der Waals surface area contributed by atoms with Crippen molar-refractivity contribution < 1.29 is 0 Å². The molecule has 0 spiro atoms. The van der Waals surface area contributed by atoms with Crippen molar-refractivity contribution in [2.24, 2.45) is 0 Å². The Kier molecular flexibility index (Phi) is 3.62. The minimum absolute atomic E-state index is 0.277. The zero-order chi connectivity index (χ0) is 16.6. The SMILES string of the molecule is c1ccc(C2Cc3[se]c(-c4cccnc4)nc3-c3ccccc32)cc1. The molecule has 1 atom stereocenters. The normalized spacial score (nSPS) is 15.4. The molecule has 0 radical (unpaired) electrons. The van der Waals surface area contributed by atoms with E-state index in [1.165, 1.54) is 31.4 Å². The number of fused-ring (bicyclic) bond motifs is 3. The standard InChI is InChI=1S/C22H16N2Se/c1-2-7-15(8-3-1)19-13-20-21(18-11-5-4-10-17(18)19)24-22(25-20)16-9-6-12-23-14-16/h1-12,14,19H,13H2. The molecule has 0 N–H and O–H groups in total. The molecule has 5 rings (SSSR count). The molecular formula is C22H16N2Se. The van der Waals surface area contributed by atoms with Crippen LogP contribution in [0.3, 0.4) is 0 Å². The van der Waals surface area contributed by atoms with Gasteiger partial charge in [-0.1, -0.05) is 0 Å². The van der Waals surface area contributed by atoms with Gasteiger partial charge in [0, 0.05) is 0 Å². The summed E-state index contributed by atoms with van der Waals surface area (Å²) in [5, 5.41) is 0. The van der Waals surface area contributed by atoms with E-state index in [1.54, 1.807) is 0 Å². The van der Waals surface area contributed by atoms with Crippen molar-refractivity contribution in [3.63, 3.8) is 0 Å². The summed E-state index contributed by atoms with van der Waals surface area (Å²) in [5.41, 5.74) is 6.47. The number of nitrogens with zero attached hydrogens (tertiary/aromatic N) is 2. The molecule has 1 unspecified atom stereocenters. The average Bonchev–Trinajstić information content (AvgIpc) is 3.13. The fraction of sp³-hybridized carbons (Fsp3) is 0.0909. The van der Waals surface area contributed by atoms with Gasteiger partial charge < -0.3 is 0 Å². The van der Waals surface area contributed by atoms with Gasteiger partial charge in [-0.05, 0) is 0 Å². The van der Waals surface area contributed by atoms with Crippen molar-refractivity contribution in [1.29, 1.82) is 0 Å². The van der Waals surface area contributed by atoms with Crippen LogP contribution in [-0.2, 0) is 6.42 Å². The van der Waals surface area contributed by atoms with E-state index < -0.39 is 0 Å². The van der Waals surface area contributed by atoms with E-state index in [9.17, 15) is 0 Å². The molecule has 1 aliphatic rings. The molecule has 2 nitrogen and oxygen atoms in total. The summed E-state index contributed by atoms with van der Waals surface area (Å²) in [6.45, 7) is 0. The van der Waals surface area contributed by atoms with Crippen LogP contribution >= 0.6 is 0 Å². The first kappa shape index (κ1) is 14.8. The van der Waals surface area contributed by atoms with E-state index in [-0.39, 0.29) is 14.5 Å². The molecule has 0 bridgehead atoms. The number of hydrogen-bond donors (Lipinski definition) is 0. The molecule has 4 aromatic rings. The minimum atomic E-state index is 0.277. The van der Waals surface area contributed by atoms with Crippen LogP contribution in [-0.4, -0.2) is 24.5 Å². The Labute approximate surface area is 153 Å². The van der Waals surface area contributed by atoms with Crippen molar-refractivity contribution in [3.8, 4) is 21.4 Å². The van der Waals surface area contributed by atoms with Gasteiger partial charge in [0.1, 0.15) is 0 Å². The zero-order valence-electron chi connectivity index (χ0n) is 13.6. The summed E-state index contributed by atoms with van der Waals surface area (Å²) in [6.07, 6.45) is 4.82. The second-order valence-electron chi connectivity index (χ2n) is 6.29. The molecule has 0 saturated carbocycles. The van der Waals surface area contributed by atoms with Gasteiger partial charge in [-0.15, -0.1) is 0 Å². The third kappa shape index (κ3) is 2.57. The Morgan fingerprint density at radius 2 is 1.72 bits per heavy atom. The Bertz CT molecular complexity index is 1020. The van der Waals surface area contributed by atoms with E-state index in [4.69, 9.17) is 4.98 Å². The fourth-order valence-corrected chi connectivity index (χ4v) is 5.94. The van der Waals surface area contributed by atoms with Crippen LogP contribution in [0.2, 0.25) is 0 Å². The Morgan fingerprint density at radius 3 is 2.56 bits per heavy atom. The third-order valence-corrected chi connectivity index (χ3v) is 7.15. The van der Waals surface area contributed by atoms with Crippen molar-refractivity contribution in [1.82, 2.24) is 9.97 Å². The van der Waals surface area contributed by atoms with Gasteiger partial charge in [0.2, 0.25) is 0 Å². The fourth-order valence-electron chi connectivity index (χ4n) is 3.61. The van der Waals surface area contributed by atoms with Gasteiger partial charge >= 0.3 is 153 Å². The molecule has 2 aromatic carbocycles. The summed E-state index contributed by atoms with van der Waals surface area (Å²) in [6, 6.07) is 23.7. The first-order valence-electron chi connectivity index (χ1n) is 8.44. The van der Waals surface area contributed by atoms with Crippen LogP contribution in [0.1, 0.15) is 21.5 Å². The molecule has 1 aliphatic carbocycles. The Morgan fingerprint density at radius 1 is 0.880 bits per heavy atom. The molecule has 0 aliphatic heterocycles. The summed E-state index contributed by atoms with van der Waals surface area (Å²) in [5.74, 6) is 0.432. The summed E-state index contributed by atoms with van der Waals surface area (Å²) >= 11 is 0.277. The molecule has 3 heteroatoms. The number of aromatic nitrogens is 2. The van der Waals surface area contributed by atoms with Crippen LogP contribution in [0, 0.1) is 0 Å². The van der Waals surface area contributed by atoms with E-state index in [0.717, 1.165) is 12.0 Å². The summed E-state index contributed by atoms with van der Waals surface area (Å²) < 4.78 is 2.72. The second kappa shape index (κ2) is 6.11. The molecule has 0 saturated heterocycles. The monoisotopic (exact) mass is 388 g/mol. The van der Waals surface area contributed by atoms with Crippen LogP contribution in [0.5, 0.6) is 0 Å². The van der Waals surface area contributed by atoms with Crippen LogP contribution in [0.25, 0.3) is 21.4 Å². The molecular weight excluding hydrogens is 371 g/mol. The molecule has 120 valence electrons. The number of hydrogen-bond acceptors (Lipinski definition) is 2. The van der Waals surface area contributed by atoms with Gasteiger partial charge in [0.05, 0.1) is 0 Å².